The Hall–Kier alpha value is -2.49. The number of hydrogen-bond acceptors (Lipinski definition) is 6. The van der Waals surface area contributed by atoms with Crippen molar-refractivity contribution < 1.29 is 4.79 Å². The van der Waals surface area contributed by atoms with Gasteiger partial charge in [0.25, 0.3) is 0 Å². The van der Waals surface area contributed by atoms with Gasteiger partial charge in [-0.05, 0) is 30.9 Å². The van der Waals surface area contributed by atoms with Crippen LogP contribution in [0.5, 0.6) is 0 Å². The van der Waals surface area contributed by atoms with Crippen LogP contribution in [0.25, 0.3) is 5.69 Å². The Kier molecular flexibility index (Phi) is 5.06. The number of para-hydroxylation sites is 1. The molecule has 2 aliphatic rings. The second-order valence-electron chi connectivity index (χ2n) is 7.27. The topological polar surface area (TPSA) is 121 Å². The average molecular weight is 371 g/mol. The van der Waals surface area contributed by atoms with E-state index in [2.05, 4.69) is 21.0 Å². The summed E-state index contributed by atoms with van der Waals surface area (Å²) in [5, 5.41) is 6.78. The molecule has 1 aromatic heterocycles. The lowest BCUT2D eigenvalue weighted by Crippen LogP contribution is -2.48. The Balaban J connectivity index is 1.38. The van der Waals surface area contributed by atoms with Crippen molar-refractivity contribution in [2.24, 2.45) is 11.7 Å². The van der Waals surface area contributed by atoms with Gasteiger partial charge in [-0.1, -0.05) is 18.2 Å². The molecule has 9 nitrogen and oxygen atoms in total. The predicted molar refractivity (Wildman–Crippen MR) is 99.8 cm³/mol. The fraction of sp³-hybridized carbons (Fsp3) is 0.500. The van der Waals surface area contributed by atoms with Crippen LogP contribution in [0.2, 0.25) is 0 Å². The van der Waals surface area contributed by atoms with Crippen molar-refractivity contribution in [1.82, 2.24) is 30.5 Å². The SMILES string of the molecule is NC1CC(C(=O)N2CCC(Cc3n[nH]c(=O)n3-c3ccccc3)CC2)NN1. The Bertz CT molecular complexity index is 839. The first-order chi connectivity index (χ1) is 13.1. The van der Waals surface area contributed by atoms with E-state index in [1.165, 1.54) is 0 Å². The summed E-state index contributed by atoms with van der Waals surface area (Å²) in [6.45, 7) is 1.44. The van der Waals surface area contributed by atoms with Gasteiger partial charge in [-0.2, -0.15) is 5.10 Å². The highest BCUT2D eigenvalue weighted by Gasteiger charge is 2.32. The highest BCUT2D eigenvalue weighted by atomic mass is 16.2. The second-order valence-corrected chi connectivity index (χ2v) is 7.27. The molecular formula is C18H25N7O2. The molecule has 0 radical (unpaired) electrons. The summed E-state index contributed by atoms with van der Waals surface area (Å²) in [5.41, 5.74) is 12.2. The van der Waals surface area contributed by atoms with Gasteiger partial charge in [0, 0.05) is 25.9 Å². The number of nitrogens with one attached hydrogen (secondary N) is 3. The van der Waals surface area contributed by atoms with Crippen LogP contribution in [0.1, 0.15) is 25.1 Å². The number of carbonyl (C=O) groups is 1. The number of hydrazine groups is 1. The van der Waals surface area contributed by atoms with Gasteiger partial charge in [0.1, 0.15) is 11.9 Å². The highest BCUT2D eigenvalue weighted by Crippen LogP contribution is 2.22. The maximum Gasteiger partial charge on any atom is 0.347 e. The number of benzene rings is 1. The first-order valence-electron chi connectivity index (χ1n) is 9.39. The van der Waals surface area contributed by atoms with E-state index in [4.69, 9.17) is 5.73 Å². The maximum atomic E-state index is 12.6. The van der Waals surface area contributed by atoms with Crippen molar-refractivity contribution >= 4 is 5.91 Å². The first kappa shape index (κ1) is 17.9. The Morgan fingerprint density at radius 2 is 1.93 bits per heavy atom. The van der Waals surface area contributed by atoms with Crippen molar-refractivity contribution in [3.05, 3.63) is 46.6 Å². The van der Waals surface area contributed by atoms with Crippen molar-refractivity contribution in [2.75, 3.05) is 13.1 Å². The maximum absolute atomic E-state index is 12.6. The lowest BCUT2D eigenvalue weighted by atomic mass is 9.92. The number of nitrogens with zero attached hydrogens (tertiary/aromatic N) is 3. The molecule has 3 heterocycles. The van der Waals surface area contributed by atoms with E-state index in [9.17, 15) is 9.59 Å². The van der Waals surface area contributed by atoms with E-state index in [0.717, 1.165) is 37.4 Å². The first-order valence-corrected chi connectivity index (χ1v) is 9.39. The van der Waals surface area contributed by atoms with Gasteiger partial charge in [-0.3, -0.25) is 4.79 Å². The predicted octanol–water partition coefficient (Wildman–Crippen LogP) is -0.507. The average Bonchev–Trinajstić information content (AvgIpc) is 3.28. The zero-order valence-electron chi connectivity index (χ0n) is 15.1. The number of aromatic nitrogens is 3. The number of likely N-dealkylation sites (tertiary alicyclic amines) is 1. The minimum absolute atomic E-state index is 0.106. The molecular weight excluding hydrogens is 346 g/mol. The lowest BCUT2D eigenvalue weighted by molar-refractivity contribution is -0.134. The molecule has 0 spiro atoms. The van der Waals surface area contributed by atoms with Crippen molar-refractivity contribution in [3.63, 3.8) is 0 Å². The third-order valence-corrected chi connectivity index (χ3v) is 5.38. The number of rotatable bonds is 4. The van der Waals surface area contributed by atoms with Crippen molar-refractivity contribution in [1.29, 1.82) is 0 Å². The molecule has 2 fully saturated rings. The van der Waals surface area contributed by atoms with Gasteiger partial charge in [0.15, 0.2) is 0 Å². The van der Waals surface area contributed by atoms with Crippen LogP contribution < -0.4 is 22.3 Å². The fourth-order valence-corrected chi connectivity index (χ4v) is 3.89. The quantitative estimate of drug-likeness (QED) is 0.575. The van der Waals surface area contributed by atoms with Crippen molar-refractivity contribution in [2.45, 2.75) is 37.9 Å². The molecule has 144 valence electrons. The molecule has 0 saturated carbocycles. The number of H-pyrrole nitrogens is 1. The summed E-state index contributed by atoms with van der Waals surface area (Å²) >= 11 is 0. The van der Waals surface area contributed by atoms with Gasteiger partial charge in [0.2, 0.25) is 5.91 Å². The van der Waals surface area contributed by atoms with E-state index in [0.29, 0.717) is 18.8 Å². The van der Waals surface area contributed by atoms with Gasteiger partial charge in [-0.15, -0.1) is 0 Å². The lowest BCUT2D eigenvalue weighted by Gasteiger charge is -2.33. The molecule has 1 amide bonds. The van der Waals surface area contributed by atoms with E-state index < -0.39 is 0 Å². The highest BCUT2D eigenvalue weighted by molar-refractivity contribution is 5.82. The monoisotopic (exact) mass is 371 g/mol. The van der Waals surface area contributed by atoms with Crippen LogP contribution in [0.4, 0.5) is 0 Å². The third kappa shape index (κ3) is 3.80. The Morgan fingerprint density at radius 3 is 2.59 bits per heavy atom. The number of hydrogen-bond donors (Lipinski definition) is 4. The fourth-order valence-electron chi connectivity index (χ4n) is 3.89. The number of piperidine rings is 1. The largest absolute Gasteiger partial charge is 0.347 e. The van der Waals surface area contributed by atoms with Crippen LogP contribution in [0.3, 0.4) is 0 Å². The van der Waals surface area contributed by atoms with Crippen LogP contribution in [-0.2, 0) is 11.2 Å². The molecule has 2 aromatic rings. The normalized spacial score (nSPS) is 23.7. The standard InChI is InChI=1S/C18H25N7O2/c19-15-11-14(20-21-15)17(26)24-8-6-12(7-9-24)10-16-22-23-18(27)25(16)13-4-2-1-3-5-13/h1-5,12,14-15,20-21H,6-11,19H2,(H,23,27). The molecule has 0 bridgehead atoms. The molecule has 27 heavy (non-hydrogen) atoms. The molecule has 2 unspecified atom stereocenters. The molecule has 2 saturated heterocycles. The van der Waals surface area contributed by atoms with Crippen LogP contribution in [0.15, 0.2) is 35.1 Å². The summed E-state index contributed by atoms with van der Waals surface area (Å²) in [5.74, 6) is 1.24. The minimum atomic E-state index is -0.244. The van der Waals surface area contributed by atoms with E-state index in [1.54, 1.807) is 4.57 Å². The minimum Gasteiger partial charge on any atom is -0.341 e. The molecule has 2 atom stereocenters. The number of aromatic amines is 1. The van der Waals surface area contributed by atoms with Crippen LogP contribution in [0, 0.1) is 5.92 Å². The number of carbonyl (C=O) groups excluding carboxylic acids is 1. The van der Waals surface area contributed by atoms with Crippen molar-refractivity contribution in [3.8, 4) is 5.69 Å². The number of nitrogens with two attached hydrogens (primary N) is 1. The summed E-state index contributed by atoms with van der Waals surface area (Å²) in [6.07, 6.45) is 2.94. The molecule has 5 N–H and O–H groups in total. The Labute approximate surface area is 156 Å². The second kappa shape index (κ2) is 7.63. The van der Waals surface area contributed by atoms with Gasteiger partial charge >= 0.3 is 5.69 Å². The molecule has 1 aromatic carbocycles. The van der Waals surface area contributed by atoms with Crippen LogP contribution >= 0.6 is 0 Å². The summed E-state index contributed by atoms with van der Waals surface area (Å²) < 4.78 is 1.63. The van der Waals surface area contributed by atoms with Gasteiger partial charge < -0.3 is 10.6 Å². The smallest absolute Gasteiger partial charge is 0.341 e. The molecule has 0 aliphatic carbocycles. The van der Waals surface area contributed by atoms with Gasteiger partial charge in [-0.25, -0.2) is 25.3 Å². The zero-order valence-corrected chi connectivity index (χ0v) is 15.1. The third-order valence-electron chi connectivity index (χ3n) is 5.38. The molecule has 2 aliphatic heterocycles. The van der Waals surface area contributed by atoms with Crippen LogP contribution in [-0.4, -0.2) is 50.9 Å². The van der Waals surface area contributed by atoms with E-state index in [-0.39, 0.29) is 23.8 Å². The van der Waals surface area contributed by atoms with Gasteiger partial charge in [0.05, 0.1) is 11.9 Å². The Morgan fingerprint density at radius 1 is 1.19 bits per heavy atom. The van der Waals surface area contributed by atoms with E-state index in [1.807, 2.05) is 35.2 Å². The summed E-state index contributed by atoms with van der Waals surface area (Å²) in [7, 11) is 0. The number of amides is 1. The summed E-state index contributed by atoms with van der Waals surface area (Å²) in [4.78, 5) is 26.6. The zero-order chi connectivity index (χ0) is 18.8. The van der Waals surface area contributed by atoms with E-state index >= 15 is 0 Å². The summed E-state index contributed by atoms with van der Waals surface area (Å²) in [6, 6.07) is 9.28. The molecule has 9 heteroatoms. The molecule has 4 rings (SSSR count).